The number of hydrogen-bond acceptors (Lipinski definition) is 6. The third-order valence-corrected chi connectivity index (χ3v) is 6.88. The van der Waals surface area contributed by atoms with E-state index in [1.807, 2.05) is 39.8 Å². The van der Waals surface area contributed by atoms with E-state index in [1.165, 1.54) is 4.90 Å². The summed E-state index contributed by atoms with van der Waals surface area (Å²) in [5.41, 5.74) is 0. The summed E-state index contributed by atoms with van der Waals surface area (Å²) >= 11 is 0. The fourth-order valence-electron chi connectivity index (χ4n) is 5.14. The molecule has 0 saturated carbocycles. The monoisotopic (exact) mass is 442 g/mol. The fourth-order valence-corrected chi connectivity index (χ4v) is 5.14. The molecule has 4 unspecified atom stereocenters. The van der Waals surface area contributed by atoms with Crippen LogP contribution in [0.5, 0.6) is 0 Å². The largest absolute Gasteiger partial charge is 0.340 e. The number of fused-ring (bicyclic) bond motifs is 1. The Labute approximate surface area is 189 Å². The van der Waals surface area contributed by atoms with E-state index in [1.54, 1.807) is 4.90 Å². The molecule has 0 radical (unpaired) electrons. The average Bonchev–Trinajstić information content (AvgIpc) is 3.37. The Bertz CT molecular complexity index is 880. The standard InChI is InChI=1S/C24H34N4O4/c1-14(2)12-19(28-22(29)17-9-5-6-10-18(17)23(28)30)24(31)27-11-7-8-16(13-27)20-25-21(15(3)4)32-26-20/h5-6,14-19H,7-13H2,1-4H3. The van der Waals surface area contributed by atoms with Crippen molar-refractivity contribution < 1.29 is 18.9 Å². The van der Waals surface area contributed by atoms with Crippen LogP contribution in [0.25, 0.3) is 0 Å². The highest BCUT2D eigenvalue weighted by Gasteiger charge is 2.52. The summed E-state index contributed by atoms with van der Waals surface area (Å²) in [5.74, 6) is 0.422. The van der Waals surface area contributed by atoms with Gasteiger partial charge in [-0.05, 0) is 38.0 Å². The van der Waals surface area contributed by atoms with Crippen molar-refractivity contribution in [2.75, 3.05) is 13.1 Å². The van der Waals surface area contributed by atoms with E-state index in [-0.39, 0.29) is 47.3 Å². The quantitative estimate of drug-likeness (QED) is 0.496. The van der Waals surface area contributed by atoms with Gasteiger partial charge in [-0.2, -0.15) is 4.98 Å². The normalized spacial score (nSPS) is 26.9. The van der Waals surface area contributed by atoms with Crippen LogP contribution >= 0.6 is 0 Å². The van der Waals surface area contributed by atoms with Crippen molar-refractivity contribution in [2.45, 2.75) is 77.7 Å². The number of imide groups is 1. The average molecular weight is 443 g/mol. The van der Waals surface area contributed by atoms with Gasteiger partial charge in [0.25, 0.3) is 0 Å². The van der Waals surface area contributed by atoms with Gasteiger partial charge in [-0.25, -0.2) is 0 Å². The second kappa shape index (κ2) is 9.16. The molecule has 2 aliphatic heterocycles. The van der Waals surface area contributed by atoms with Gasteiger partial charge >= 0.3 is 0 Å². The lowest BCUT2D eigenvalue weighted by atomic mass is 9.85. The molecule has 0 N–H and O–H groups in total. The second-order valence-corrected chi connectivity index (χ2v) is 10.1. The van der Waals surface area contributed by atoms with Crippen LogP contribution in [-0.4, -0.2) is 56.8 Å². The highest BCUT2D eigenvalue weighted by molar-refractivity contribution is 6.08. The second-order valence-electron chi connectivity index (χ2n) is 10.1. The van der Waals surface area contributed by atoms with Gasteiger partial charge in [0.15, 0.2) is 5.82 Å². The van der Waals surface area contributed by atoms with Crippen molar-refractivity contribution in [2.24, 2.45) is 17.8 Å². The minimum atomic E-state index is -0.740. The van der Waals surface area contributed by atoms with Crippen LogP contribution in [0.1, 0.15) is 83.3 Å². The molecule has 0 bridgehead atoms. The van der Waals surface area contributed by atoms with Gasteiger partial charge in [0.1, 0.15) is 6.04 Å². The highest BCUT2D eigenvalue weighted by Crippen LogP contribution is 2.38. The molecular weight excluding hydrogens is 408 g/mol. The van der Waals surface area contributed by atoms with Crippen LogP contribution in [-0.2, 0) is 14.4 Å². The summed E-state index contributed by atoms with van der Waals surface area (Å²) in [6, 6.07) is -0.740. The first-order valence-electron chi connectivity index (χ1n) is 11.9. The van der Waals surface area contributed by atoms with Crippen LogP contribution in [0.15, 0.2) is 16.7 Å². The van der Waals surface area contributed by atoms with Crippen molar-refractivity contribution >= 4 is 17.7 Å². The van der Waals surface area contributed by atoms with Crippen molar-refractivity contribution in [3.05, 3.63) is 23.9 Å². The minimum absolute atomic E-state index is 0.000381. The van der Waals surface area contributed by atoms with E-state index in [0.29, 0.717) is 44.1 Å². The summed E-state index contributed by atoms with van der Waals surface area (Å²) in [6.45, 7) is 9.14. The van der Waals surface area contributed by atoms with E-state index in [0.717, 1.165) is 12.8 Å². The molecule has 4 atom stereocenters. The molecule has 3 heterocycles. The third-order valence-electron chi connectivity index (χ3n) is 6.88. The topological polar surface area (TPSA) is 96.6 Å². The summed E-state index contributed by atoms with van der Waals surface area (Å²) < 4.78 is 5.37. The molecule has 174 valence electrons. The van der Waals surface area contributed by atoms with Crippen LogP contribution in [0, 0.1) is 17.8 Å². The third kappa shape index (κ3) is 4.24. The molecule has 4 rings (SSSR count). The number of allylic oxidation sites excluding steroid dienone is 2. The fraction of sp³-hybridized carbons (Fsp3) is 0.708. The molecular formula is C24H34N4O4. The summed E-state index contributed by atoms with van der Waals surface area (Å²) in [6.07, 6.45) is 7.29. The number of nitrogens with zero attached hydrogens (tertiary/aromatic N) is 4. The van der Waals surface area contributed by atoms with Gasteiger partial charge in [-0.15, -0.1) is 0 Å². The molecule has 3 amide bonds. The van der Waals surface area contributed by atoms with Crippen molar-refractivity contribution in [1.82, 2.24) is 19.9 Å². The first-order valence-corrected chi connectivity index (χ1v) is 11.9. The Balaban J connectivity index is 1.53. The number of carbonyl (C=O) groups excluding carboxylic acids is 3. The molecule has 1 aromatic heterocycles. The van der Waals surface area contributed by atoms with Gasteiger partial charge < -0.3 is 9.42 Å². The number of hydrogen-bond donors (Lipinski definition) is 0. The molecule has 8 heteroatoms. The van der Waals surface area contributed by atoms with Gasteiger partial charge in [-0.1, -0.05) is 45.0 Å². The lowest BCUT2D eigenvalue weighted by molar-refractivity contribution is -0.153. The summed E-state index contributed by atoms with van der Waals surface area (Å²) in [4.78, 5) is 47.7. The van der Waals surface area contributed by atoms with Crippen LogP contribution in [0.3, 0.4) is 0 Å². The zero-order valence-corrected chi connectivity index (χ0v) is 19.5. The molecule has 0 aromatic carbocycles. The predicted molar refractivity (Wildman–Crippen MR) is 117 cm³/mol. The lowest BCUT2D eigenvalue weighted by Gasteiger charge is -2.36. The molecule has 0 spiro atoms. The number of carbonyl (C=O) groups is 3. The van der Waals surface area contributed by atoms with Crippen LogP contribution in [0.2, 0.25) is 0 Å². The van der Waals surface area contributed by atoms with E-state index in [9.17, 15) is 14.4 Å². The Morgan fingerprint density at radius 2 is 1.78 bits per heavy atom. The number of rotatable bonds is 6. The lowest BCUT2D eigenvalue weighted by Crippen LogP contribution is -2.53. The predicted octanol–water partition coefficient (Wildman–Crippen LogP) is 3.26. The van der Waals surface area contributed by atoms with E-state index in [2.05, 4.69) is 10.1 Å². The van der Waals surface area contributed by atoms with Gasteiger partial charge in [-0.3, -0.25) is 19.3 Å². The highest BCUT2D eigenvalue weighted by atomic mass is 16.5. The maximum absolute atomic E-state index is 13.7. The van der Waals surface area contributed by atoms with Gasteiger partial charge in [0.2, 0.25) is 23.6 Å². The molecule has 8 nitrogen and oxygen atoms in total. The molecule has 2 fully saturated rings. The zero-order chi connectivity index (χ0) is 23.0. The van der Waals surface area contributed by atoms with Gasteiger partial charge in [0, 0.05) is 24.9 Å². The summed E-state index contributed by atoms with van der Waals surface area (Å²) in [7, 11) is 0. The molecule has 2 saturated heterocycles. The zero-order valence-electron chi connectivity index (χ0n) is 19.5. The molecule has 32 heavy (non-hydrogen) atoms. The Kier molecular flexibility index (Phi) is 6.49. The van der Waals surface area contributed by atoms with Crippen LogP contribution in [0.4, 0.5) is 0 Å². The smallest absolute Gasteiger partial charge is 0.245 e. The number of piperidine rings is 1. The van der Waals surface area contributed by atoms with Crippen molar-refractivity contribution in [1.29, 1.82) is 0 Å². The molecule has 1 aromatic rings. The molecule has 1 aliphatic carbocycles. The number of aromatic nitrogens is 2. The SMILES string of the molecule is CC(C)CC(C(=O)N1CCCC(c2noc(C(C)C)n2)C1)N1C(=O)C2CC=CCC2C1=O. The first kappa shape index (κ1) is 22.7. The van der Waals surface area contributed by atoms with Crippen molar-refractivity contribution in [3.8, 4) is 0 Å². The van der Waals surface area contributed by atoms with E-state index < -0.39 is 6.04 Å². The molecule has 3 aliphatic rings. The van der Waals surface area contributed by atoms with Crippen molar-refractivity contribution in [3.63, 3.8) is 0 Å². The first-order chi connectivity index (χ1) is 15.3. The Hall–Kier alpha value is -2.51. The van der Waals surface area contributed by atoms with Gasteiger partial charge in [0.05, 0.1) is 11.8 Å². The maximum Gasteiger partial charge on any atom is 0.245 e. The maximum atomic E-state index is 13.7. The van der Waals surface area contributed by atoms with E-state index >= 15 is 0 Å². The minimum Gasteiger partial charge on any atom is -0.340 e. The number of amides is 3. The Morgan fingerprint density at radius 1 is 1.12 bits per heavy atom. The van der Waals surface area contributed by atoms with Crippen LogP contribution < -0.4 is 0 Å². The summed E-state index contributed by atoms with van der Waals surface area (Å²) in [5, 5.41) is 4.15. The number of likely N-dealkylation sites (tertiary alicyclic amines) is 2. The van der Waals surface area contributed by atoms with E-state index in [4.69, 9.17) is 4.52 Å². The Morgan fingerprint density at radius 3 is 2.34 bits per heavy atom.